The first-order valence-corrected chi connectivity index (χ1v) is 8.36. The second-order valence-electron chi connectivity index (χ2n) is 6.46. The fourth-order valence-corrected chi connectivity index (χ4v) is 3.47. The summed E-state index contributed by atoms with van der Waals surface area (Å²) in [4.78, 5) is 25.6. The van der Waals surface area contributed by atoms with E-state index in [0.29, 0.717) is 12.6 Å². The Kier molecular flexibility index (Phi) is 4.96. The molecule has 2 amide bonds. The number of hydrogen-bond donors (Lipinski definition) is 1. The van der Waals surface area contributed by atoms with Gasteiger partial charge in [-0.15, -0.1) is 0 Å². The summed E-state index contributed by atoms with van der Waals surface area (Å²) in [5.74, 6) is -0.158. The first kappa shape index (κ1) is 16.0. The SMILES string of the molecule is CC(=O)N(CCc1ccccc1)CC(=O)NC1CC2CCC1O2. The summed E-state index contributed by atoms with van der Waals surface area (Å²) in [5.41, 5.74) is 1.17. The number of fused-ring (bicyclic) bond motifs is 2. The molecule has 2 aliphatic heterocycles. The maximum atomic E-state index is 12.2. The van der Waals surface area contributed by atoms with Gasteiger partial charge in [0.2, 0.25) is 11.8 Å². The first-order valence-electron chi connectivity index (χ1n) is 8.36. The molecule has 0 aromatic heterocycles. The average molecular weight is 316 g/mol. The van der Waals surface area contributed by atoms with Gasteiger partial charge in [0.15, 0.2) is 0 Å². The Hall–Kier alpha value is -1.88. The molecule has 3 unspecified atom stereocenters. The molecule has 3 atom stereocenters. The van der Waals surface area contributed by atoms with E-state index in [1.807, 2.05) is 30.3 Å². The van der Waals surface area contributed by atoms with Crippen LogP contribution in [0.15, 0.2) is 30.3 Å². The molecule has 2 fully saturated rings. The maximum Gasteiger partial charge on any atom is 0.239 e. The number of nitrogens with one attached hydrogen (secondary N) is 1. The van der Waals surface area contributed by atoms with E-state index in [2.05, 4.69) is 5.32 Å². The highest BCUT2D eigenvalue weighted by molar-refractivity contribution is 5.84. The minimum Gasteiger partial charge on any atom is -0.373 e. The number of amides is 2. The van der Waals surface area contributed by atoms with Crippen molar-refractivity contribution in [3.05, 3.63) is 35.9 Å². The summed E-state index contributed by atoms with van der Waals surface area (Å²) in [6.07, 6.45) is 4.27. The van der Waals surface area contributed by atoms with E-state index < -0.39 is 0 Å². The molecule has 1 aromatic rings. The summed E-state index contributed by atoms with van der Waals surface area (Å²) < 4.78 is 5.75. The van der Waals surface area contributed by atoms with Crippen LogP contribution >= 0.6 is 0 Å². The maximum absolute atomic E-state index is 12.2. The fraction of sp³-hybridized carbons (Fsp3) is 0.556. The van der Waals surface area contributed by atoms with Crippen molar-refractivity contribution in [3.8, 4) is 0 Å². The van der Waals surface area contributed by atoms with E-state index in [1.165, 1.54) is 12.5 Å². The number of rotatable bonds is 6. The van der Waals surface area contributed by atoms with Gasteiger partial charge in [-0.25, -0.2) is 0 Å². The molecule has 2 heterocycles. The summed E-state index contributed by atoms with van der Waals surface area (Å²) in [5, 5.41) is 3.04. The highest BCUT2D eigenvalue weighted by Gasteiger charge is 2.41. The molecule has 0 saturated carbocycles. The largest absolute Gasteiger partial charge is 0.373 e. The molecular formula is C18H24N2O3. The molecule has 1 aromatic carbocycles. The molecule has 124 valence electrons. The lowest BCUT2D eigenvalue weighted by atomic mass is 9.95. The van der Waals surface area contributed by atoms with Crippen molar-refractivity contribution in [2.45, 2.75) is 50.9 Å². The summed E-state index contributed by atoms with van der Waals surface area (Å²) >= 11 is 0. The summed E-state index contributed by atoms with van der Waals surface area (Å²) in [6, 6.07) is 10.1. The van der Waals surface area contributed by atoms with Gasteiger partial charge in [-0.3, -0.25) is 9.59 Å². The standard InChI is InChI=1S/C18H24N2O3/c1-13(21)20(10-9-14-5-3-2-4-6-14)12-18(22)19-16-11-15-7-8-17(16)23-15/h2-6,15-17H,7-12H2,1H3,(H,19,22). The van der Waals surface area contributed by atoms with Gasteiger partial charge in [-0.05, 0) is 31.2 Å². The second-order valence-corrected chi connectivity index (χ2v) is 6.46. The second kappa shape index (κ2) is 7.13. The summed E-state index contributed by atoms with van der Waals surface area (Å²) in [6.45, 7) is 2.19. The number of carbonyl (C=O) groups is 2. The van der Waals surface area contributed by atoms with E-state index in [0.717, 1.165) is 25.7 Å². The molecule has 1 N–H and O–H groups in total. The third kappa shape index (κ3) is 4.10. The molecule has 23 heavy (non-hydrogen) atoms. The van der Waals surface area contributed by atoms with Crippen molar-refractivity contribution >= 4 is 11.8 Å². The van der Waals surface area contributed by atoms with Gasteiger partial charge in [0, 0.05) is 13.5 Å². The predicted molar refractivity (Wildman–Crippen MR) is 86.8 cm³/mol. The number of benzene rings is 1. The average Bonchev–Trinajstić information content (AvgIpc) is 3.15. The lowest BCUT2D eigenvalue weighted by Crippen LogP contribution is -2.47. The Labute approximate surface area is 137 Å². The molecule has 0 radical (unpaired) electrons. The van der Waals surface area contributed by atoms with Crippen molar-refractivity contribution in [2.75, 3.05) is 13.1 Å². The van der Waals surface area contributed by atoms with Crippen LogP contribution in [0.2, 0.25) is 0 Å². The van der Waals surface area contributed by atoms with Crippen LogP contribution in [0.4, 0.5) is 0 Å². The molecule has 5 heteroatoms. The van der Waals surface area contributed by atoms with E-state index in [9.17, 15) is 9.59 Å². The molecule has 0 spiro atoms. The monoisotopic (exact) mass is 316 g/mol. The van der Waals surface area contributed by atoms with Gasteiger partial charge < -0.3 is 15.0 Å². The third-order valence-electron chi connectivity index (χ3n) is 4.75. The Morgan fingerprint density at radius 1 is 1.26 bits per heavy atom. The normalized spacial score (nSPS) is 25.3. The molecule has 3 rings (SSSR count). The topological polar surface area (TPSA) is 58.6 Å². The van der Waals surface area contributed by atoms with Gasteiger partial charge in [-0.2, -0.15) is 0 Å². The molecular weight excluding hydrogens is 292 g/mol. The molecule has 2 saturated heterocycles. The van der Waals surface area contributed by atoms with Gasteiger partial charge in [0.25, 0.3) is 0 Å². The minimum absolute atomic E-state index is 0.0692. The lowest BCUT2D eigenvalue weighted by Gasteiger charge is -2.24. The molecule has 2 bridgehead atoms. The smallest absolute Gasteiger partial charge is 0.239 e. The van der Waals surface area contributed by atoms with Crippen LogP contribution in [0.1, 0.15) is 31.7 Å². The van der Waals surface area contributed by atoms with Crippen LogP contribution in [0.3, 0.4) is 0 Å². The van der Waals surface area contributed by atoms with Crippen molar-refractivity contribution in [3.63, 3.8) is 0 Å². The van der Waals surface area contributed by atoms with Crippen LogP contribution < -0.4 is 5.32 Å². The van der Waals surface area contributed by atoms with E-state index >= 15 is 0 Å². The van der Waals surface area contributed by atoms with E-state index in [-0.39, 0.29) is 30.5 Å². The Bertz CT molecular complexity index is 561. The van der Waals surface area contributed by atoms with Gasteiger partial charge >= 0.3 is 0 Å². The van der Waals surface area contributed by atoms with Gasteiger partial charge in [-0.1, -0.05) is 30.3 Å². The quantitative estimate of drug-likeness (QED) is 0.865. The predicted octanol–water partition coefficient (Wildman–Crippen LogP) is 1.51. The number of hydrogen-bond acceptors (Lipinski definition) is 3. The van der Waals surface area contributed by atoms with Gasteiger partial charge in [0.1, 0.15) is 0 Å². The van der Waals surface area contributed by atoms with Crippen molar-refractivity contribution < 1.29 is 14.3 Å². The highest BCUT2D eigenvalue weighted by Crippen LogP contribution is 2.34. The third-order valence-corrected chi connectivity index (χ3v) is 4.75. The number of nitrogens with zero attached hydrogens (tertiary/aromatic N) is 1. The van der Waals surface area contributed by atoms with Crippen LogP contribution in [0, 0.1) is 0 Å². The van der Waals surface area contributed by atoms with Gasteiger partial charge in [0.05, 0.1) is 24.8 Å². The van der Waals surface area contributed by atoms with Crippen molar-refractivity contribution in [2.24, 2.45) is 0 Å². The molecule has 0 aliphatic carbocycles. The first-order chi connectivity index (χ1) is 11.1. The molecule has 2 aliphatic rings. The van der Waals surface area contributed by atoms with Crippen LogP contribution in [0.25, 0.3) is 0 Å². The minimum atomic E-state index is -0.0885. The zero-order valence-electron chi connectivity index (χ0n) is 13.5. The van der Waals surface area contributed by atoms with Crippen molar-refractivity contribution in [1.82, 2.24) is 10.2 Å². The number of ether oxygens (including phenoxy) is 1. The van der Waals surface area contributed by atoms with Crippen LogP contribution in [0.5, 0.6) is 0 Å². The van der Waals surface area contributed by atoms with Crippen LogP contribution in [-0.4, -0.2) is 48.1 Å². The zero-order chi connectivity index (χ0) is 16.2. The lowest BCUT2D eigenvalue weighted by molar-refractivity contribution is -0.134. The highest BCUT2D eigenvalue weighted by atomic mass is 16.5. The zero-order valence-corrected chi connectivity index (χ0v) is 13.5. The Morgan fingerprint density at radius 3 is 2.65 bits per heavy atom. The van der Waals surface area contributed by atoms with Crippen LogP contribution in [-0.2, 0) is 20.7 Å². The number of carbonyl (C=O) groups excluding carboxylic acids is 2. The Balaban J connectivity index is 1.48. The Morgan fingerprint density at radius 2 is 2.04 bits per heavy atom. The van der Waals surface area contributed by atoms with E-state index in [4.69, 9.17) is 4.74 Å². The summed E-state index contributed by atoms with van der Waals surface area (Å²) in [7, 11) is 0. The molecule has 5 nitrogen and oxygen atoms in total. The van der Waals surface area contributed by atoms with Crippen molar-refractivity contribution in [1.29, 1.82) is 0 Å². The fourth-order valence-electron chi connectivity index (χ4n) is 3.47. The van der Waals surface area contributed by atoms with E-state index in [1.54, 1.807) is 4.90 Å².